The van der Waals surface area contributed by atoms with Gasteiger partial charge in [-0.2, -0.15) is 0 Å². The van der Waals surface area contributed by atoms with Crippen LogP contribution in [0.2, 0.25) is 5.02 Å². The standard InChI is InChI=1S/C21H19ClF2N2O/c22-15-10-8-14(9-11-15)21(12-27,16-4-3-5-17(23)20(16)24)26-13-25-18-6-1-2-7-19(18)26/h1-2,6-13,16-17,20H,3-5H2. The average molecular weight is 389 g/mol. The number of alkyl halides is 2. The van der Waals surface area contributed by atoms with Crippen molar-refractivity contribution in [1.29, 1.82) is 0 Å². The molecule has 1 aliphatic rings. The Labute approximate surface area is 161 Å². The van der Waals surface area contributed by atoms with E-state index in [9.17, 15) is 9.18 Å². The van der Waals surface area contributed by atoms with E-state index in [0.29, 0.717) is 34.5 Å². The van der Waals surface area contributed by atoms with Gasteiger partial charge in [0.15, 0.2) is 6.29 Å². The molecule has 4 rings (SSSR count). The maximum absolute atomic E-state index is 15.1. The number of hydrogen-bond donors (Lipinski definition) is 0. The van der Waals surface area contributed by atoms with Crippen molar-refractivity contribution >= 4 is 28.9 Å². The van der Waals surface area contributed by atoms with Crippen molar-refractivity contribution in [3.63, 3.8) is 0 Å². The first-order valence-electron chi connectivity index (χ1n) is 9.01. The number of benzene rings is 2. The lowest BCUT2D eigenvalue weighted by atomic mass is 9.70. The maximum atomic E-state index is 15.1. The summed E-state index contributed by atoms with van der Waals surface area (Å²) >= 11 is 6.02. The first-order valence-corrected chi connectivity index (χ1v) is 9.39. The van der Waals surface area contributed by atoms with Crippen molar-refractivity contribution in [2.75, 3.05) is 0 Å². The topological polar surface area (TPSA) is 34.9 Å². The predicted octanol–water partition coefficient (Wildman–Crippen LogP) is 5.11. The molecule has 1 aromatic heterocycles. The molecule has 1 fully saturated rings. The van der Waals surface area contributed by atoms with Gasteiger partial charge in [0, 0.05) is 10.9 Å². The Morgan fingerprint density at radius 2 is 1.85 bits per heavy atom. The molecule has 0 bridgehead atoms. The summed E-state index contributed by atoms with van der Waals surface area (Å²) in [5, 5.41) is 0.512. The summed E-state index contributed by atoms with van der Waals surface area (Å²) in [6, 6.07) is 14.1. The van der Waals surface area contributed by atoms with Crippen molar-refractivity contribution in [2.24, 2.45) is 5.92 Å². The second kappa shape index (κ2) is 7.04. The lowest BCUT2D eigenvalue weighted by Gasteiger charge is -2.43. The van der Waals surface area contributed by atoms with Crippen molar-refractivity contribution in [1.82, 2.24) is 9.55 Å². The molecular weight excluding hydrogens is 370 g/mol. The Kier molecular flexibility index (Phi) is 4.72. The molecule has 0 spiro atoms. The molecule has 4 atom stereocenters. The van der Waals surface area contributed by atoms with Crippen LogP contribution in [0.15, 0.2) is 54.9 Å². The van der Waals surface area contributed by atoms with Gasteiger partial charge in [-0.1, -0.05) is 35.9 Å². The monoisotopic (exact) mass is 388 g/mol. The molecule has 0 radical (unpaired) electrons. The van der Waals surface area contributed by atoms with E-state index in [4.69, 9.17) is 11.6 Å². The quantitative estimate of drug-likeness (QED) is 0.582. The average Bonchev–Trinajstić information content (AvgIpc) is 3.12. The van der Waals surface area contributed by atoms with Gasteiger partial charge < -0.3 is 9.36 Å². The van der Waals surface area contributed by atoms with Crippen molar-refractivity contribution in [2.45, 2.75) is 37.1 Å². The summed E-state index contributed by atoms with van der Waals surface area (Å²) in [6.07, 6.45) is 0.0862. The number of imidazole rings is 1. The SMILES string of the molecule is O=CC(c1ccc(Cl)cc1)(C1CCCC(F)C1F)n1cnc2ccccc21. The molecule has 0 amide bonds. The van der Waals surface area contributed by atoms with Crippen LogP contribution in [0.3, 0.4) is 0 Å². The number of nitrogens with zero attached hydrogens (tertiary/aromatic N) is 2. The molecular formula is C21H19ClF2N2O. The fourth-order valence-corrected chi connectivity index (χ4v) is 4.41. The second-order valence-electron chi connectivity index (χ2n) is 7.05. The summed E-state index contributed by atoms with van der Waals surface area (Å²) < 4.78 is 31.1. The number of carbonyl (C=O) groups is 1. The van der Waals surface area contributed by atoms with E-state index in [1.165, 1.54) is 0 Å². The van der Waals surface area contributed by atoms with Crippen LogP contribution >= 0.6 is 11.6 Å². The molecule has 0 saturated heterocycles. The Morgan fingerprint density at radius 3 is 2.59 bits per heavy atom. The molecule has 3 aromatic rings. The summed E-state index contributed by atoms with van der Waals surface area (Å²) in [5.74, 6) is -0.836. The summed E-state index contributed by atoms with van der Waals surface area (Å²) in [7, 11) is 0. The first-order chi connectivity index (χ1) is 13.1. The Hall–Kier alpha value is -2.27. The predicted molar refractivity (Wildman–Crippen MR) is 101 cm³/mol. The molecule has 0 N–H and O–H groups in total. The molecule has 1 saturated carbocycles. The molecule has 0 aliphatic heterocycles. The number of carbonyl (C=O) groups excluding carboxylic acids is 1. The normalized spacial score (nSPS) is 25.2. The van der Waals surface area contributed by atoms with Gasteiger partial charge in [-0.3, -0.25) is 0 Å². The van der Waals surface area contributed by atoms with Crippen LogP contribution in [-0.4, -0.2) is 28.2 Å². The van der Waals surface area contributed by atoms with Gasteiger partial charge in [-0.05, 0) is 49.1 Å². The zero-order valence-corrected chi connectivity index (χ0v) is 15.3. The lowest BCUT2D eigenvalue weighted by Crippen LogP contribution is -2.51. The Balaban J connectivity index is 1.99. The highest BCUT2D eigenvalue weighted by Crippen LogP contribution is 2.44. The second-order valence-corrected chi connectivity index (χ2v) is 7.49. The van der Waals surface area contributed by atoms with Crippen LogP contribution in [0.1, 0.15) is 24.8 Å². The molecule has 4 unspecified atom stereocenters. The summed E-state index contributed by atoms with van der Waals surface area (Å²) in [6.45, 7) is 0. The maximum Gasteiger partial charge on any atom is 0.150 e. The Bertz CT molecular complexity index is 958. The van der Waals surface area contributed by atoms with Crippen molar-refractivity contribution in [3.8, 4) is 0 Å². The van der Waals surface area contributed by atoms with Crippen molar-refractivity contribution < 1.29 is 13.6 Å². The van der Waals surface area contributed by atoms with Crippen LogP contribution in [0.5, 0.6) is 0 Å². The minimum atomic E-state index is -1.74. The van der Waals surface area contributed by atoms with E-state index in [-0.39, 0.29) is 6.42 Å². The number of aldehydes is 1. The molecule has 3 nitrogen and oxygen atoms in total. The summed E-state index contributed by atoms with van der Waals surface area (Å²) in [5.41, 5.74) is 0.574. The van der Waals surface area contributed by atoms with Gasteiger partial charge in [0.1, 0.15) is 17.9 Å². The largest absolute Gasteiger partial charge is 0.313 e. The van der Waals surface area contributed by atoms with E-state index in [1.54, 1.807) is 35.2 Å². The van der Waals surface area contributed by atoms with Crippen LogP contribution in [-0.2, 0) is 10.3 Å². The Morgan fingerprint density at radius 1 is 1.11 bits per heavy atom. The van der Waals surface area contributed by atoms with Gasteiger partial charge in [0.25, 0.3) is 0 Å². The third kappa shape index (κ3) is 2.85. The minimum Gasteiger partial charge on any atom is -0.313 e. The van der Waals surface area contributed by atoms with E-state index in [2.05, 4.69) is 4.98 Å². The first kappa shape index (κ1) is 18.1. The van der Waals surface area contributed by atoms with E-state index < -0.39 is 23.8 Å². The number of halogens is 3. The van der Waals surface area contributed by atoms with Gasteiger partial charge in [0.2, 0.25) is 0 Å². The highest BCUT2D eigenvalue weighted by Gasteiger charge is 2.50. The minimum absolute atomic E-state index is 0.178. The van der Waals surface area contributed by atoms with Crippen LogP contribution in [0, 0.1) is 5.92 Å². The van der Waals surface area contributed by atoms with E-state index in [1.807, 2.05) is 24.3 Å². The van der Waals surface area contributed by atoms with Gasteiger partial charge >= 0.3 is 0 Å². The number of rotatable bonds is 4. The molecule has 27 heavy (non-hydrogen) atoms. The van der Waals surface area contributed by atoms with Gasteiger partial charge in [0.05, 0.1) is 17.4 Å². The van der Waals surface area contributed by atoms with Crippen molar-refractivity contribution in [3.05, 3.63) is 65.4 Å². The third-order valence-corrected chi connectivity index (χ3v) is 5.88. The van der Waals surface area contributed by atoms with Crippen LogP contribution in [0.4, 0.5) is 8.78 Å². The van der Waals surface area contributed by atoms with Crippen LogP contribution in [0.25, 0.3) is 11.0 Å². The third-order valence-electron chi connectivity index (χ3n) is 5.63. The van der Waals surface area contributed by atoms with Gasteiger partial charge in [-0.15, -0.1) is 0 Å². The molecule has 1 heterocycles. The smallest absolute Gasteiger partial charge is 0.150 e. The zero-order valence-electron chi connectivity index (χ0n) is 14.6. The van der Waals surface area contributed by atoms with E-state index in [0.717, 1.165) is 6.29 Å². The number of para-hydroxylation sites is 2. The molecule has 6 heteroatoms. The number of hydrogen-bond acceptors (Lipinski definition) is 2. The van der Waals surface area contributed by atoms with E-state index >= 15 is 4.39 Å². The summed E-state index contributed by atoms with van der Waals surface area (Å²) in [4.78, 5) is 17.0. The fraction of sp³-hybridized carbons (Fsp3) is 0.333. The highest BCUT2D eigenvalue weighted by atomic mass is 35.5. The fourth-order valence-electron chi connectivity index (χ4n) is 4.28. The van der Waals surface area contributed by atoms with Crippen LogP contribution < -0.4 is 0 Å². The highest BCUT2D eigenvalue weighted by molar-refractivity contribution is 6.30. The molecule has 1 aliphatic carbocycles. The number of fused-ring (bicyclic) bond motifs is 1. The molecule has 140 valence electrons. The zero-order chi connectivity index (χ0) is 19.0. The van der Waals surface area contributed by atoms with Gasteiger partial charge in [-0.25, -0.2) is 13.8 Å². The molecule has 2 aromatic carbocycles. The lowest BCUT2D eigenvalue weighted by molar-refractivity contribution is -0.118. The number of aromatic nitrogens is 2.